The first-order valence-electron chi connectivity index (χ1n) is 6.70. The zero-order valence-corrected chi connectivity index (χ0v) is 12.2. The van der Waals surface area contributed by atoms with Gasteiger partial charge in [0.1, 0.15) is 5.71 Å². The van der Waals surface area contributed by atoms with Crippen LogP contribution in [-0.4, -0.2) is 23.0 Å². The summed E-state index contributed by atoms with van der Waals surface area (Å²) in [5.74, 6) is -0.819. The standard InChI is InChI=1S/C16H12F3N3O2/c17-16(18,19)13-8-4-7-12(9-13)15(23)22-21-14(10-20-24)11-5-2-1-3-6-11/h1-10,24H,(H,22,23)/b20-10+,21-14+. The van der Waals surface area contributed by atoms with Gasteiger partial charge in [-0.15, -0.1) is 0 Å². The number of halogens is 3. The number of nitrogens with one attached hydrogen (secondary N) is 1. The fraction of sp³-hybridized carbons (Fsp3) is 0.0625. The second-order valence-electron chi connectivity index (χ2n) is 4.63. The first kappa shape index (κ1) is 17.2. The van der Waals surface area contributed by atoms with Gasteiger partial charge in [0, 0.05) is 11.1 Å². The third-order valence-corrected chi connectivity index (χ3v) is 2.98. The van der Waals surface area contributed by atoms with Gasteiger partial charge >= 0.3 is 6.18 Å². The second kappa shape index (κ2) is 7.40. The SMILES string of the molecule is O=C(N/N=C(\C=N\O)c1ccccc1)c1cccc(C(F)(F)F)c1. The summed E-state index contributed by atoms with van der Waals surface area (Å²) in [7, 11) is 0. The Morgan fingerprint density at radius 1 is 1.04 bits per heavy atom. The Labute approximate surface area is 135 Å². The molecule has 0 spiro atoms. The van der Waals surface area contributed by atoms with E-state index in [1.807, 2.05) is 0 Å². The summed E-state index contributed by atoms with van der Waals surface area (Å²) >= 11 is 0. The van der Waals surface area contributed by atoms with E-state index in [0.29, 0.717) is 5.56 Å². The first-order chi connectivity index (χ1) is 11.4. The van der Waals surface area contributed by atoms with Crippen molar-refractivity contribution in [1.82, 2.24) is 5.43 Å². The van der Waals surface area contributed by atoms with Crippen LogP contribution in [0.4, 0.5) is 13.2 Å². The van der Waals surface area contributed by atoms with E-state index in [-0.39, 0.29) is 11.3 Å². The van der Waals surface area contributed by atoms with Crippen LogP contribution < -0.4 is 5.43 Å². The van der Waals surface area contributed by atoms with Crippen molar-refractivity contribution in [3.8, 4) is 0 Å². The van der Waals surface area contributed by atoms with Gasteiger partial charge < -0.3 is 5.21 Å². The summed E-state index contributed by atoms with van der Waals surface area (Å²) in [4.78, 5) is 12.0. The number of carbonyl (C=O) groups excluding carboxylic acids is 1. The molecule has 1 amide bonds. The summed E-state index contributed by atoms with van der Waals surface area (Å²) in [6.07, 6.45) is -3.54. The van der Waals surface area contributed by atoms with Crippen LogP contribution >= 0.6 is 0 Å². The Balaban J connectivity index is 2.22. The number of hydrazone groups is 1. The molecule has 2 N–H and O–H groups in total. The van der Waals surface area contributed by atoms with Crippen LogP contribution in [0.5, 0.6) is 0 Å². The normalized spacial score (nSPS) is 12.4. The predicted octanol–water partition coefficient (Wildman–Crippen LogP) is 3.30. The summed E-state index contributed by atoms with van der Waals surface area (Å²) in [5, 5.41) is 15.3. The van der Waals surface area contributed by atoms with Gasteiger partial charge in [0.25, 0.3) is 5.91 Å². The molecule has 24 heavy (non-hydrogen) atoms. The van der Waals surface area contributed by atoms with E-state index < -0.39 is 17.6 Å². The molecule has 0 aliphatic rings. The molecule has 2 aromatic rings. The Morgan fingerprint density at radius 2 is 1.71 bits per heavy atom. The van der Waals surface area contributed by atoms with E-state index >= 15 is 0 Å². The number of hydrogen-bond acceptors (Lipinski definition) is 4. The minimum atomic E-state index is -4.54. The molecular weight excluding hydrogens is 323 g/mol. The highest BCUT2D eigenvalue weighted by atomic mass is 19.4. The lowest BCUT2D eigenvalue weighted by Crippen LogP contribution is -2.21. The lowest BCUT2D eigenvalue weighted by Gasteiger charge is -2.08. The van der Waals surface area contributed by atoms with Crippen LogP contribution in [0.15, 0.2) is 64.9 Å². The average molecular weight is 335 g/mol. The molecular formula is C16H12F3N3O2. The van der Waals surface area contributed by atoms with Crippen molar-refractivity contribution < 1.29 is 23.2 Å². The third kappa shape index (κ3) is 4.42. The molecule has 0 heterocycles. The highest BCUT2D eigenvalue weighted by Gasteiger charge is 2.30. The smallest absolute Gasteiger partial charge is 0.411 e. The number of carbonyl (C=O) groups is 1. The first-order valence-corrected chi connectivity index (χ1v) is 6.70. The number of rotatable bonds is 4. The molecule has 8 heteroatoms. The van der Waals surface area contributed by atoms with Crippen LogP contribution in [0.3, 0.4) is 0 Å². The highest BCUT2D eigenvalue weighted by molar-refractivity contribution is 6.38. The van der Waals surface area contributed by atoms with Crippen molar-refractivity contribution in [2.75, 3.05) is 0 Å². The van der Waals surface area contributed by atoms with Crippen molar-refractivity contribution in [3.63, 3.8) is 0 Å². The Morgan fingerprint density at radius 3 is 2.33 bits per heavy atom. The largest absolute Gasteiger partial charge is 0.416 e. The lowest BCUT2D eigenvalue weighted by atomic mass is 10.1. The molecule has 0 aliphatic carbocycles. The fourth-order valence-electron chi connectivity index (χ4n) is 1.84. The van der Waals surface area contributed by atoms with Gasteiger partial charge in [-0.05, 0) is 18.2 Å². The molecule has 0 unspecified atom stereocenters. The zero-order chi connectivity index (χ0) is 17.6. The number of nitrogens with zero attached hydrogens (tertiary/aromatic N) is 2. The maximum absolute atomic E-state index is 12.7. The molecule has 5 nitrogen and oxygen atoms in total. The second-order valence-corrected chi connectivity index (χ2v) is 4.63. The molecule has 0 atom stereocenters. The zero-order valence-electron chi connectivity index (χ0n) is 12.2. The molecule has 0 aliphatic heterocycles. The summed E-state index contributed by atoms with van der Waals surface area (Å²) in [5.41, 5.74) is 1.71. The summed E-state index contributed by atoms with van der Waals surface area (Å²) in [6.45, 7) is 0. The molecule has 0 saturated heterocycles. The maximum atomic E-state index is 12.7. The van der Waals surface area contributed by atoms with E-state index in [4.69, 9.17) is 5.21 Å². The molecule has 2 rings (SSSR count). The number of alkyl halides is 3. The van der Waals surface area contributed by atoms with E-state index in [1.54, 1.807) is 30.3 Å². The Hall–Kier alpha value is -3.16. The fourth-order valence-corrected chi connectivity index (χ4v) is 1.84. The molecule has 0 saturated carbocycles. The molecule has 0 radical (unpaired) electrons. The van der Waals surface area contributed by atoms with Crippen molar-refractivity contribution in [1.29, 1.82) is 0 Å². The highest BCUT2D eigenvalue weighted by Crippen LogP contribution is 2.29. The summed E-state index contributed by atoms with van der Waals surface area (Å²) < 4.78 is 38.0. The van der Waals surface area contributed by atoms with Crippen LogP contribution in [0.2, 0.25) is 0 Å². The Kier molecular flexibility index (Phi) is 5.31. The third-order valence-electron chi connectivity index (χ3n) is 2.98. The molecule has 0 bridgehead atoms. The van der Waals surface area contributed by atoms with Gasteiger partial charge in [-0.25, -0.2) is 5.43 Å². The number of hydrogen-bond donors (Lipinski definition) is 2. The number of oxime groups is 1. The number of amides is 1. The monoisotopic (exact) mass is 335 g/mol. The van der Waals surface area contributed by atoms with Crippen LogP contribution in [0, 0.1) is 0 Å². The minimum absolute atomic E-state index is 0.137. The molecule has 2 aromatic carbocycles. The van der Waals surface area contributed by atoms with Crippen LogP contribution in [-0.2, 0) is 6.18 Å². The van der Waals surface area contributed by atoms with E-state index in [1.165, 1.54) is 6.07 Å². The maximum Gasteiger partial charge on any atom is 0.416 e. The molecule has 0 aromatic heterocycles. The average Bonchev–Trinajstić information content (AvgIpc) is 2.58. The minimum Gasteiger partial charge on any atom is -0.411 e. The van der Waals surface area contributed by atoms with Crippen LogP contribution in [0.25, 0.3) is 0 Å². The van der Waals surface area contributed by atoms with E-state index in [9.17, 15) is 18.0 Å². The Bertz CT molecular complexity index is 772. The van der Waals surface area contributed by atoms with Gasteiger partial charge in [-0.1, -0.05) is 41.6 Å². The molecule has 0 fully saturated rings. The van der Waals surface area contributed by atoms with Crippen LogP contribution in [0.1, 0.15) is 21.5 Å². The lowest BCUT2D eigenvalue weighted by molar-refractivity contribution is -0.137. The van der Waals surface area contributed by atoms with E-state index in [0.717, 1.165) is 24.4 Å². The van der Waals surface area contributed by atoms with Gasteiger partial charge in [-0.3, -0.25) is 4.79 Å². The van der Waals surface area contributed by atoms with Gasteiger partial charge in [-0.2, -0.15) is 18.3 Å². The predicted molar refractivity (Wildman–Crippen MR) is 82.2 cm³/mol. The van der Waals surface area contributed by atoms with Crippen molar-refractivity contribution in [2.24, 2.45) is 10.3 Å². The van der Waals surface area contributed by atoms with Crippen molar-refractivity contribution >= 4 is 17.8 Å². The van der Waals surface area contributed by atoms with Gasteiger partial charge in [0.2, 0.25) is 0 Å². The number of benzene rings is 2. The van der Waals surface area contributed by atoms with Gasteiger partial charge in [0.05, 0.1) is 11.8 Å². The van der Waals surface area contributed by atoms with Crippen molar-refractivity contribution in [2.45, 2.75) is 6.18 Å². The van der Waals surface area contributed by atoms with Gasteiger partial charge in [0.15, 0.2) is 0 Å². The van der Waals surface area contributed by atoms with E-state index in [2.05, 4.69) is 15.7 Å². The quantitative estimate of drug-likeness (QED) is 0.511. The molecule has 124 valence electrons. The van der Waals surface area contributed by atoms with Crippen molar-refractivity contribution in [3.05, 3.63) is 71.3 Å². The summed E-state index contributed by atoms with van der Waals surface area (Å²) in [6, 6.07) is 12.5. The topological polar surface area (TPSA) is 74.0 Å².